The fraction of sp³-hybridized carbons (Fsp3) is 0.250. The third-order valence-electron chi connectivity index (χ3n) is 5.13. The van der Waals surface area contributed by atoms with Crippen LogP contribution in [0.4, 0.5) is 21.6 Å². The summed E-state index contributed by atoms with van der Waals surface area (Å²) in [5.74, 6) is -0.204. The van der Waals surface area contributed by atoms with Crippen molar-refractivity contribution in [3.63, 3.8) is 0 Å². The van der Waals surface area contributed by atoms with E-state index in [-0.39, 0.29) is 36.3 Å². The van der Waals surface area contributed by atoms with E-state index in [9.17, 15) is 14.3 Å². The van der Waals surface area contributed by atoms with Gasteiger partial charge in [-0.25, -0.2) is 9.37 Å². The SMILES string of the molecule is COCCC(=O)NCc1ccc(-c2cc(N(C)c3ccc(C)cc3F)ccc2O)nc1N. The Bertz CT molecular complexity index is 1120. The summed E-state index contributed by atoms with van der Waals surface area (Å²) in [4.78, 5) is 17.9. The number of phenols is 1. The molecule has 1 heterocycles. The van der Waals surface area contributed by atoms with Gasteiger partial charge in [0.15, 0.2) is 0 Å². The Labute approximate surface area is 186 Å². The molecule has 0 saturated heterocycles. The van der Waals surface area contributed by atoms with Crippen LogP contribution in [-0.4, -0.2) is 36.8 Å². The summed E-state index contributed by atoms with van der Waals surface area (Å²) < 4.78 is 19.3. The largest absolute Gasteiger partial charge is 0.507 e. The molecule has 0 saturated carbocycles. The number of aryl methyl sites for hydroxylation is 1. The van der Waals surface area contributed by atoms with Gasteiger partial charge in [-0.3, -0.25) is 4.79 Å². The van der Waals surface area contributed by atoms with Gasteiger partial charge in [0.05, 0.1) is 18.0 Å². The topological polar surface area (TPSA) is 101 Å². The first-order valence-electron chi connectivity index (χ1n) is 10.1. The number of pyridine rings is 1. The van der Waals surface area contributed by atoms with Crippen molar-refractivity contribution >= 4 is 23.1 Å². The Morgan fingerprint density at radius 1 is 1.22 bits per heavy atom. The maximum atomic E-state index is 14.4. The van der Waals surface area contributed by atoms with Crippen LogP contribution in [0.5, 0.6) is 5.75 Å². The predicted octanol–water partition coefficient (Wildman–Crippen LogP) is 3.90. The van der Waals surface area contributed by atoms with Crippen molar-refractivity contribution in [2.75, 3.05) is 31.4 Å². The van der Waals surface area contributed by atoms with Crippen LogP contribution in [0.1, 0.15) is 17.5 Å². The zero-order valence-electron chi connectivity index (χ0n) is 18.4. The van der Waals surface area contributed by atoms with E-state index in [4.69, 9.17) is 10.5 Å². The zero-order chi connectivity index (χ0) is 23.3. The van der Waals surface area contributed by atoms with Crippen LogP contribution in [0.25, 0.3) is 11.3 Å². The minimum Gasteiger partial charge on any atom is -0.507 e. The number of aromatic hydroxyl groups is 1. The molecule has 32 heavy (non-hydrogen) atoms. The summed E-state index contributed by atoms with van der Waals surface area (Å²) in [5, 5.41) is 13.2. The van der Waals surface area contributed by atoms with Gasteiger partial charge in [-0.1, -0.05) is 12.1 Å². The molecule has 8 heteroatoms. The van der Waals surface area contributed by atoms with Crippen LogP contribution in [0, 0.1) is 12.7 Å². The number of ether oxygens (including phenoxy) is 1. The predicted molar refractivity (Wildman–Crippen MR) is 123 cm³/mol. The van der Waals surface area contributed by atoms with Gasteiger partial charge >= 0.3 is 0 Å². The number of nitrogens with two attached hydrogens (primary N) is 1. The van der Waals surface area contributed by atoms with Gasteiger partial charge < -0.3 is 25.8 Å². The van der Waals surface area contributed by atoms with Gasteiger partial charge in [-0.2, -0.15) is 0 Å². The third-order valence-corrected chi connectivity index (χ3v) is 5.13. The second-order valence-electron chi connectivity index (χ2n) is 7.48. The number of hydrogen-bond donors (Lipinski definition) is 3. The van der Waals surface area contributed by atoms with Gasteiger partial charge in [-0.05, 0) is 48.9 Å². The van der Waals surface area contributed by atoms with Crippen molar-refractivity contribution in [2.45, 2.75) is 19.9 Å². The van der Waals surface area contributed by atoms with Crippen LogP contribution >= 0.6 is 0 Å². The lowest BCUT2D eigenvalue weighted by Crippen LogP contribution is -2.24. The van der Waals surface area contributed by atoms with E-state index in [1.807, 2.05) is 13.0 Å². The number of nitrogens with one attached hydrogen (secondary N) is 1. The van der Waals surface area contributed by atoms with E-state index in [2.05, 4.69) is 10.3 Å². The van der Waals surface area contributed by atoms with Crippen LogP contribution in [-0.2, 0) is 16.1 Å². The number of carbonyl (C=O) groups is 1. The Hall–Kier alpha value is -3.65. The number of methoxy groups -OCH3 is 1. The highest BCUT2D eigenvalue weighted by atomic mass is 19.1. The molecule has 4 N–H and O–H groups in total. The molecule has 0 radical (unpaired) electrons. The first kappa shape index (κ1) is 23.0. The van der Waals surface area contributed by atoms with Crippen LogP contribution in [0.3, 0.4) is 0 Å². The smallest absolute Gasteiger partial charge is 0.222 e. The minimum atomic E-state index is -0.332. The average Bonchev–Trinajstić information content (AvgIpc) is 2.76. The Morgan fingerprint density at radius 3 is 2.69 bits per heavy atom. The summed E-state index contributed by atoms with van der Waals surface area (Å²) in [6.45, 7) is 2.41. The number of amides is 1. The van der Waals surface area contributed by atoms with E-state index in [0.29, 0.717) is 34.8 Å². The lowest BCUT2D eigenvalue weighted by atomic mass is 10.1. The molecule has 1 aromatic heterocycles. The average molecular weight is 439 g/mol. The molecule has 1 amide bonds. The molecule has 0 aliphatic heterocycles. The van der Waals surface area contributed by atoms with Crippen LogP contribution in [0.2, 0.25) is 0 Å². The normalized spacial score (nSPS) is 10.8. The summed E-state index contributed by atoms with van der Waals surface area (Å²) in [7, 11) is 3.29. The molecule has 0 atom stereocenters. The fourth-order valence-electron chi connectivity index (χ4n) is 3.24. The molecular weight excluding hydrogens is 411 g/mol. The van der Waals surface area contributed by atoms with Gasteiger partial charge in [0.25, 0.3) is 0 Å². The summed E-state index contributed by atoms with van der Waals surface area (Å²) in [5.41, 5.74) is 9.61. The molecule has 168 valence electrons. The van der Waals surface area contributed by atoms with Crippen LogP contribution in [0.15, 0.2) is 48.5 Å². The van der Waals surface area contributed by atoms with Crippen LogP contribution < -0.4 is 16.0 Å². The molecule has 2 aromatic carbocycles. The number of hydrogen-bond acceptors (Lipinski definition) is 6. The molecule has 7 nitrogen and oxygen atoms in total. The maximum absolute atomic E-state index is 14.4. The number of aromatic nitrogens is 1. The second-order valence-corrected chi connectivity index (χ2v) is 7.48. The number of nitrogens with zero attached hydrogens (tertiary/aromatic N) is 2. The molecule has 3 aromatic rings. The first-order valence-corrected chi connectivity index (χ1v) is 10.1. The molecule has 0 aliphatic rings. The number of rotatable bonds is 8. The number of halogens is 1. The summed E-state index contributed by atoms with van der Waals surface area (Å²) >= 11 is 0. The molecule has 0 spiro atoms. The van der Waals surface area contributed by atoms with E-state index >= 15 is 0 Å². The van der Waals surface area contributed by atoms with E-state index in [0.717, 1.165) is 5.56 Å². The second kappa shape index (κ2) is 10.1. The monoisotopic (exact) mass is 438 g/mol. The highest BCUT2D eigenvalue weighted by Gasteiger charge is 2.15. The summed E-state index contributed by atoms with van der Waals surface area (Å²) in [6.07, 6.45) is 0.262. The number of anilines is 3. The highest BCUT2D eigenvalue weighted by Crippen LogP contribution is 2.35. The lowest BCUT2D eigenvalue weighted by Gasteiger charge is -2.21. The van der Waals surface area contributed by atoms with Gasteiger partial charge in [0.2, 0.25) is 5.91 Å². The zero-order valence-corrected chi connectivity index (χ0v) is 18.4. The molecule has 0 bridgehead atoms. The quantitative estimate of drug-likeness (QED) is 0.493. The first-order chi connectivity index (χ1) is 15.3. The number of carbonyl (C=O) groups excluding carboxylic acids is 1. The third kappa shape index (κ3) is 5.33. The number of phenolic OH excluding ortho intramolecular Hbond substituents is 1. The van der Waals surface area contributed by atoms with Gasteiger partial charge in [-0.15, -0.1) is 0 Å². The minimum absolute atomic E-state index is 0.0269. The summed E-state index contributed by atoms with van der Waals surface area (Å²) in [6, 6.07) is 13.5. The lowest BCUT2D eigenvalue weighted by molar-refractivity contribution is -0.122. The van der Waals surface area contributed by atoms with Crippen molar-refractivity contribution in [3.8, 4) is 17.0 Å². The van der Waals surface area contributed by atoms with Crippen molar-refractivity contribution in [1.82, 2.24) is 10.3 Å². The molecule has 0 fully saturated rings. The fourth-order valence-corrected chi connectivity index (χ4v) is 3.24. The molecule has 3 rings (SSSR count). The van der Waals surface area contributed by atoms with E-state index in [1.54, 1.807) is 42.3 Å². The standard InChI is InChI=1S/C24H27FN4O3/c1-15-4-8-21(19(25)12-15)29(2)17-6-9-22(30)18(13-17)20-7-5-16(24(26)28-20)14-27-23(31)10-11-32-3/h4-9,12-13,30H,10-11,14H2,1-3H3,(H2,26,28)(H,27,31). The molecule has 0 aliphatic carbocycles. The Kier molecular flexibility index (Phi) is 7.27. The van der Waals surface area contributed by atoms with Crippen molar-refractivity contribution in [3.05, 3.63) is 65.5 Å². The van der Waals surface area contributed by atoms with E-state index in [1.165, 1.54) is 19.2 Å². The Morgan fingerprint density at radius 2 is 2.00 bits per heavy atom. The van der Waals surface area contributed by atoms with E-state index < -0.39 is 0 Å². The number of nitrogen functional groups attached to an aromatic ring is 1. The van der Waals surface area contributed by atoms with Gasteiger partial charge in [0, 0.05) is 43.9 Å². The van der Waals surface area contributed by atoms with Gasteiger partial charge in [0.1, 0.15) is 17.4 Å². The maximum Gasteiger partial charge on any atom is 0.222 e. The number of benzene rings is 2. The van der Waals surface area contributed by atoms with Crippen molar-refractivity contribution < 1.29 is 19.0 Å². The Balaban J connectivity index is 1.83. The van der Waals surface area contributed by atoms with Crippen molar-refractivity contribution in [2.24, 2.45) is 0 Å². The molecular formula is C24H27FN4O3. The highest BCUT2D eigenvalue weighted by molar-refractivity contribution is 5.77. The molecule has 0 unspecified atom stereocenters. The van der Waals surface area contributed by atoms with Crippen molar-refractivity contribution in [1.29, 1.82) is 0 Å².